The van der Waals surface area contributed by atoms with E-state index in [4.69, 9.17) is 10.5 Å². The minimum Gasteiger partial charge on any atom is -0.460 e. The molecule has 0 saturated heterocycles. The van der Waals surface area contributed by atoms with E-state index in [1.807, 2.05) is 30.3 Å². The van der Waals surface area contributed by atoms with E-state index in [1.165, 1.54) is 68.1 Å². The van der Waals surface area contributed by atoms with Crippen LogP contribution < -0.4 is 10.5 Å². The monoisotopic (exact) mass is 716 g/mol. The summed E-state index contributed by atoms with van der Waals surface area (Å²) in [6.07, 6.45) is 17.8. The quantitative estimate of drug-likeness (QED) is 0.115. The van der Waals surface area contributed by atoms with Crippen molar-refractivity contribution in [3.8, 4) is 0 Å². The van der Waals surface area contributed by atoms with Crippen LogP contribution in [0.25, 0.3) is 0 Å². The summed E-state index contributed by atoms with van der Waals surface area (Å²) in [6, 6.07) is 9.69. The molecule has 0 radical (unpaired) electrons. The van der Waals surface area contributed by atoms with Gasteiger partial charge in [-0.1, -0.05) is 101 Å². The number of carbonyl (C=O) groups is 1. The van der Waals surface area contributed by atoms with E-state index in [9.17, 15) is 9.18 Å². The highest BCUT2D eigenvalue weighted by atomic mass is 32.2. The lowest BCUT2D eigenvalue weighted by Crippen LogP contribution is -2.67. The van der Waals surface area contributed by atoms with Gasteiger partial charge in [-0.05, 0) is 152 Å². The number of fused-ring (bicyclic) bond motifs is 7. The summed E-state index contributed by atoms with van der Waals surface area (Å²) < 4.78 is 24.4. The average Bonchev–Trinajstić information content (AvgIpc) is 3.50. The highest BCUT2D eigenvalue weighted by molar-refractivity contribution is 7.97. The lowest BCUT2D eigenvalue weighted by atomic mass is 9.33. The molecule has 0 aromatic heterocycles. The maximum Gasteiger partial charge on any atom is 0.315 e. The van der Waals surface area contributed by atoms with E-state index in [2.05, 4.69) is 65.0 Å². The molecule has 0 spiro atoms. The third kappa shape index (κ3) is 5.69. The fourth-order valence-corrected chi connectivity index (χ4v) is 14.8. The van der Waals surface area contributed by atoms with Gasteiger partial charge in [0, 0.05) is 5.54 Å². The molecule has 7 rings (SSSR count). The number of allylic oxidation sites excluding steroid dienone is 5. The normalized spacial score (nSPS) is 42.7. The highest BCUT2D eigenvalue weighted by Gasteiger charge is 2.70. The van der Waals surface area contributed by atoms with Crippen molar-refractivity contribution in [3.63, 3.8) is 0 Å². The van der Waals surface area contributed by atoms with Gasteiger partial charge in [-0.25, -0.2) is 4.39 Å². The van der Waals surface area contributed by atoms with E-state index in [0.717, 1.165) is 18.4 Å². The lowest BCUT2D eigenvalue weighted by molar-refractivity contribution is -0.219. The van der Waals surface area contributed by atoms with Crippen LogP contribution in [-0.4, -0.2) is 24.1 Å². The van der Waals surface area contributed by atoms with E-state index in [-0.39, 0.29) is 23.0 Å². The number of alkyl halides is 1. The Morgan fingerprint density at radius 1 is 0.941 bits per heavy atom. The first kappa shape index (κ1) is 37.4. The van der Waals surface area contributed by atoms with Crippen molar-refractivity contribution in [1.82, 2.24) is 4.72 Å². The molecule has 0 heterocycles. The lowest BCUT2D eigenvalue weighted by Gasteiger charge is -2.72. The van der Waals surface area contributed by atoms with E-state index in [0.29, 0.717) is 59.1 Å². The fourth-order valence-electron chi connectivity index (χ4n) is 14.0. The van der Waals surface area contributed by atoms with Crippen LogP contribution in [0.5, 0.6) is 0 Å². The van der Waals surface area contributed by atoms with E-state index < -0.39 is 18.1 Å². The maximum atomic E-state index is 14.7. The number of hydrogen-bond acceptors (Lipinski definition) is 5. The predicted molar refractivity (Wildman–Crippen MR) is 209 cm³/mol. The molecule has 6 aliphatic carbocycles. The van der Waals surface area contributed by atoms with Crippen molar-refractivity contribution < 1.29 is 13.9 Å². The summed E-state index contributed by atoms with van der Waals surface area (Å²) >= 11 is 1.73. The van der Waals surface area contributed by atoms with Gasteiger partial charge in [0.15, 0.2) is 0 Å². The van der Waals surface area contributed by atoms with Gasteiger partial charge in [0.05, 0.1) is 11.3 Å². The van der Waals surface area contributed by atoms with Crippen LogP contribution in [0.15, 0.2) is 65.8 Å². The molecule has 3 N–H and O–H groups in total. The molecule has 4 nitrogen and oxygen atoms in total. The number of benzene rings is 1. The number of esters is 1. The molecule has 51 heavy (non-hydrogen) atoms. The predicted octanol–water partition coefficient (Wildman–Crippen LogP) is 10.9. The molecule has 1 aromatic carbocycles. The number of nitrogens with one attached hydrogen (secondary N) is 1. The smallest absolute Gasteiger partial charge is 0.315 e. The van der Waals surface area contributed by atoms with Crippen molar-refractivity contribution >= 4 is 17.9 Å². The zero-order valence-corrected chi connectivity index (χ0v) is 33.2. The molecule has 0 amide bonds. The molecule has 0 unspecified atom stereocenters. The standard InChI is InChI=1S/C45H65FN2O2S/c1-30(2)33-17-24-45(48-51-29-47)26-25-42(6)35(38(33)45)13-14-37-41(5)20-18-34(40(3,4)36(41)19-21-43(37,42)7)32-15-22-44(28-46,23-16-32)39(49)50-27-31-11-9-8-10-12-31/h8-12,15,18,33,35-38,48H,1,13-14,16-17,19-29,47H2,2-7H3/t33-,35+,36-,37+,38+,41-,42+,43+,44-,45-/m0/s1. The second kappa shape index (κ2) is 13.4. The molecule has 4 saturated carbocycles. The van der Waals surface area contributed by atoms with Crippen LogP contribution in [0.3, 0.4) is 0 Å². The van der Waals surface area contributed by atoms with Gasteiger partial charge < -0.3 is 10.5 Å². The van der Waals surface area contributed by atoms with Crippen molar-refractivity contribution in [3.05, 3.63) is 71.3 Å². The van der Waals surface area contributed by atoms with Crippen LogP contribution in [0, 0.1) is 56.7 Å². The molecule has 10 atom stereocenters. The fraction of sp³-hybridized carbons (Fsp3) is 0.711. The highest BCUT2D eigenvalue weighted by Crippen LogP contribution is 2.76. The Balaban J connectivity index is 1.13. The molecule has 280 valence electrons. The van der Waals surface area contributed by atoms with Crippen molar-refractivity contribution in [1.29, 1.82) is 0 Å². The first-order valence-corrected chi connectivity index (χ1v) is 21.1. The van der Waals surface area contributed by atoms with E-state index in [1.54, 1.807) is 11.9 Å². The van der Waals surface area contributed by atoms with Gasteiger partial charge in [0.25, 0.3) is 0 Å². The van der Waals surface area contributed by atoms with Crippen LogP contribution in [0.4, 0.5) is 4.39 Å². The maximum absolute atomic E-state index is 14.7. The average molecular weight is 717 g/mol. The Hall–Kier alpha value is -1.89. The number of hydrogen-bond donors (Lipinski definition) is 2. The van der Waals surface area contributed by atoms with Crippen molar-refractivity contribution in [2.24, 2.45) is 62.4 Å². The number of ether oxygens (including phenoxy) is 1. The minimum atomic E-state index is -1.08. The number of rotatable bonds is 9. The van der Waals surface area contributed by atoms with Gasteiger partial charge in [0.2, 0.25) is 0 Å². The first-order chi connectivity index (χ1) is 24.2. The van der Waals surface area contributed by atoms with Crippen molar-refractivity contribution in [2.75, 3.05) is 12.6 Å². The van der Waals surface area contributed by atoms with Gasteiger partial charge >= 0.3 is 5.97 Å². The molecule has 6 aliphatic rings. The molecule has 0 bridgehead atoms. The molecular formula is C45H65FN2O2S. The summed E-state index contributed by atoms with van der Waals surface area (Å²) in [5, 5.41) is 0. The first-order valence-electron chi connectivity index (χ1n) is 20.1. The molecule has 4 fully saturated rings. The van der Waals surface area contributed by atoms with Gasteiger partial charge in [-0.2, -0.15) is 0 Å². The molecular weight excluding hydrogens is 652 g/mol. The molecule has 1 aromatic rings. The van der Waals surface area contributed by atoms with Gasteiger partial charge in [0.1, 0.15) is 13.3 Å². The Morgan fingerprint density at radius 3 is 2.37 bits per heavy atom. The molecule has 0 aliphatic heterocycles. The largest absolute Gasteiger partial charge is 0.460 e. The number of nitrogens with two attached hydrogens (primary N) is 1. The van der Waals surface area contributed by atoms with Crippen LogP contribution in [0.2, 0.25) is 0 Å². The summed E-state index contributed by atoms with van der Waals surface area (Å²) in [7, 11) is 0. The van der Waals surface area contributed by atoms with Crippen LogP contribution in [-0.2, 0) is 16.1 Å². The number of halogens is 1. The summed E-state index contributed by atoms with van der Waals surface area (Å²) in [5.41, 5.74) is 11.1. The van der Waals surface area contributed by atoms with Crippen LogP contribution >= 0.6 is 11.9 Å². The zero-order chi connectivity index (χ0) is 36.5. The molecule has 6 heteroatoms. The minimum absolute atomic E-state index is 0.0169. The second-order valence-corrected chi connectivity index (χ2v) is 20.0. The topological polar surface area (TPSA) is 64.3 Å². The zero-order valence-electron chi connectivity index (χ0n) is 32.4. The van der Waals surface area contributed by atoms with Crippen LogP contribution in [0.1, 0.15) is 124 Å². The van der Waals surface area contributed by atoms with Gasteiger partial charge in [-0.15, -0.1) is 0 Å². The second-order valence-electron chi connectivity index (χ2n) is 19.2. The Kier molecular flexibility index (Phi) is 9.87. The summed E-state index contributed by atoms with van der Waals surface area (Å²) in [6.45, 7) is 19.4. The number of carbonyl (C=O) groups excluding carboxylic acids is 1. The summed E-state index contributed by atoms with van der Waals surface area (Å²) in [5.74, 6) is 3.43. The van der Waals surface area contributed by atoms with Gasteiger partial charge in [-0.3, -0.25) is 9.52 Å². The third-order valence-electron chi connectivity index (χ3n) is 16.9. The Bertz CT molecular complexity index is 1570. The van der Waals surface area contributed by atoms with Crippen molar-refractivity contribution in [2.45, 2.75) is 131 Å². The third-order valence-corrected chi connectivity index (χ3v) is 17.6. The van der Waals surface area contributed by atoms with E-state index >= 15 is 0 Å². The Morgan fingerprint density at radius 2 is 1.71 bits per heavy atom. The summed E-state index contributed by atoms with van der Waals surface area (Å²) in [4.78, 5) is 13.3. The SMILES string of the molecule is C=C(C)[C@@H]1CC[C@]2(NSCN)CC[C@]3(C)[C@H](CC[C@@H]4[C@@]5(C)CC=C(C6=CC[C@](CF)(C(=O)OCc7ccccc7)CC6)C(C)(C)[C@@H]5CC[C@]43C)[C@@H]12. The Labute approximate surface area is 312 Å².